The lowest BCUT2D eigenvalue weighted by Crippen LogP contribution is -2.30. The van der Waals surface area contributed by atoms with Crippen molar-refractivity contribution in [2.24, 2.45) is 0 Å². The number of carbonyl (C=O) groups excluding carboxylic acids is 1. The Kier molecular flexibility index (Phi) is 6.10. The minimum Gasteiger partial charge on any atom is -0.494 e. The zero-order valence-electron chi connectivity index (χ0n) is 12.4. The van der Waals surface area contributed by atoms with Crippen LogP contribution in [0.5, 0.6) is 5.75 Å². The molecule has 0 spiro atoms. The first-order valence-electron chi connectivity index (χ1n) is 7.14. The number of benzene rings is 2. The van der Waals surface area contributed by atoms with Gasteiger partial charge in [-0.25, -0.2) is 4.79 Å². The molecule has 0 radical (unpaired) electrons. The molecule has 0 heterocycles. The molecule has 0 aromatic heterocycles. The summed E-state index contributed by atoms with van der Waals surface area (Å²) in [6, 6.07) is 14.8. The SMILES string of the molecule is Cc1ccc(NC(=O)NCCCOc2ccccc2)cc1Cl. The Hall–Kier alpha value is -2.20. The highest BCUT2D eigenvalue weighted by molar-refractivity contribution is 6.31. The van der Waals surface area contributed by atoms with E-state index in [0.29, 0.717) is 23.9 Å². The van der Waals surface area contributed by atoms with Crippen LogP contribution in [0.1, 0.15) is 12.0 Å². The van der Waals surface area contributed by atoms with Crippen molar-refractivity contribution in [2.45, 2.75) is 13.3 Å². The molecule has 0 aliphatic heterocycles. The molecule has 0 atom stereocenters. The number of hydrogen-bond donors (Lipinski definition) is 2. The van der Waals surface area contributed by atoms with E-state index in [1.54, 1.807) is 6.07 Å². The third kappa shape index (κ3) is 5.30. The largest absolute Gasteiger partial charge is 0.494 e. The Morgan fingerprint density at radius 1 is 1.18 bits per heavy atom. The van der Waals surface area contributed by atoms with Gasteiger partial charge in [-0.3, -0.25) is 0 Å². The van der Waals surface area contributed by atoms with E-state index in [2.05, 4.69) is 10.6 Å². The average molecular weight is 319 g/mol. The Labute approximate surface area is 135 Å². The maximum atomic E-state index is 11.7. The minimum absolute atomic E-state index is 0.250. The number of amides is 2. The molecule has 4 nitrogen and oxygen atoms in total. The fraction of sp³-hybridized carbons (Fsp3) is 0.235. The van der Waals surface area contributed by atoms with E-state index in [1.165, 1.54) is 0 Å². The van der Waals surface area contributed by atoms with Gasteiger partial charge in [0.1, 0.15) is 5.75 Å². The topological polar surface area (TPSA) is 50.4 Å². The maximum absolute atomic E-state index is 11.7. The summed E-state index contributed by atoms with van der Waals surface area (Å²) in [7, 11) is 0. The number of aryl methyl sites for hydroxylation is 1. The predicted molar refractivity (Wildman–Crippen MR) is 89.8 cm³/mol. The first-order valence-corrected chi connectivity index (χ1v) is 7.52. The summed E-state index contributed by atoms with van der Waals surface area (Å²) in [6.07, 6.45) is 0.733. The number of anilines is 1. The van der Waals surface area contributed by atoms with Gasteiger partial charge in [0.2, 0.25) is 0 Å². The van der Waals surface area contributed by atoms with Gasteiger partial charge in [-0.2, -0.15) is 0 Å². The molecule has 0 fully saturated rings. The van der Waals surface area contributed by atoms with Gasteiger partial charge in [0.15, 0.2) is 0 Å². The average Bonchev–Trinajstić information content (AvgIpc) is 2.52. The van der Waals surface area contributed by atoms with E-state index >= 15 is 0 Å². The van der Waals surface area contributed by atoms with Gasteiger partial charge in [-0.05, 0) is 43.2 Å². The van der Waals surface area contributed by atoms with E-state index in [0.717, 1.165) is 17.7 Å². The van der Waals surface area contributed by atoms with E-state index < -0.39 is 0 Å². The number of urea groups is 1. The summed E-state index contributed by atoms with van der Waals surface area (Å²) in [5, 5.41) is 6.16. The fourth-order valence-electron chi connectivity index (χ4n) is 1.83. The van der Waals surface area contributed by atoms with Crippen LogP contribution in [0, 0.1) is 6.92 Å². The smallest absolute Gasteiger partial charge is 0.319 e. The summed E-state index contributed by atoms with van der Waals surface area (Å²) in [4.78, 5) is 11.7. The maximum Gasteiger partial charge on any atom is 0.319 e. The predicted octanol–water partition coefficient (Wildman–Crippen LogP) is 4.24. The number of ether oxygens (including phenoxy) is 1. The zero-order valence-corrected chi connectivity index (χ0v) is 13.2. The third-order valence-electron chi connectivity index (χ3n) is 3.05. The van der Waals surface area contributed by atoms with E-state index in [4.69, 9.17) is 16.3 Å². The molecule has 0 aliphatic rings. The van der Waals surface area contributed by atoms with Gasteiger partial charge in [0.25, 0.3) is 0 Å². The van der Waals surface area contributed by atoms with Crippen molar-refractivity contribution >= 4 is 23.3 Å². The van der Waals surface area contributed by atoms with Crippen molar-refractivity contribution in [1.82, 2.24) is 5.32 Å². The number of carbonyl (C=O) groups is 1. The molecule has 22 heavy (non-hydrogen) atoms. The van der Waals surface area contributed by atoms with Crippen LogP contribution in [0.2, 0.25) is 5.02 Å². The Balaban J connectivity index is 1.64. The van der Waals surface area contributed by atoms with Crippen LogP contribution in [0.3, 0.4) is 0 Å². The van der Waals surface area contributed by atoms with Gasteiger partial charge in [0, 0.05) is 17.3 Å². The molecule has 0 unspecified atom stereocenters. The van der Waals surface area contributed by atoms with E-state index in [9.17, 15) is 4.79 Å². The van der Waals surface area contributed by atoms with E-state index in [-0.39, 0.29) is 6.03 Å². The van der Waals surface area contributed by atoms with Crippen molar-refractivity contribution in [3.8, 4) is 5.75 Å². The second-order valence-corrected chi connectivity index (χ2v) is 5.27. The van der Waals surface area contributed by atoms with Crippen molar-refractivity contribution in [1.29, 1.82) is 0 Å². The van der Waals surface area contributed by atoms with Gasteiger partial charge in [0.05, 0.1) is 6.61 Å². The van der Waals surface area contributed by atoms with Crippen LogP contribution in [0.15, 0.2) is 48.5 Å². The number of rotatable bonds is 6. The number of nitrogens with one attached hydrogen (secondary N) is 2. The summed E-state index contributed by atoms with van der Waals surface area (Å²) < 4.78 is 5.55. The first-order chi connectivity index (χ1) is 10.6. The molecule has 0 saturated carbocycles. The number of hydrogen-bond acceptors (Lipinski definition) is 2. The molecule has 5 heteroatoms. The lowest BCUT2D eigenvalue weighted by molar-refractivity contribution is 0.250. The monoisotopic (exact) mass is 318 g/mol. The second kappa shape index (κ2) is 8.29. The van der Waals surface area contributed by atoms with Crippen molar-refractivity contribution in [3.05, 3.63) is 59.1 Å². The standard InChI is InChI=1S/C17H19ClN2O2/c1-13-8-9-14(12-16(13)18)20-17(21)19-10-5-11-22-15-6-3-2-4-7-15/h2-4,6-9,12H,5,10-11H2,1H3,(H2,19,20,21). The summed E-state index contributed by atoms with van der Waals surface area (Å²) in [6.45, 7) is 3.01. The highest BCUT2D eigenvalue weighted by atomic mass is 35.5. The van der Waals surface area contributed by atoms with Gasteiger partial charge >= 0.3 is 6.03 Å². The van der Waals surface area contributed by atoms with E-state index in [1.807, 2.05) is 49.4 Å². The number of halogens is 1. The van der Waals surface area contributed by atoms with Gasteiger partial charge in [-0.1, -0.05) is 35.9 Å². The van der Waals surface area contributed by atoms with Crippen LogP contribution < -0.4 is 15.4 Å². The molecular weight excluding hydrogens is 300 g/mol. The van der Waals surface area contributed by atoms with Crippen LogP contribution in [0.4, 0.5) is 10.5 Å². The highest BCUT2D eigenvalue weighted by Crippen LogP contribution is 2.19. The lowest BCUT2D eigenvalue weighted by Gasteiger charge is -2.09. The first kappa shape index (κ1) is 16.2. The summed E-state index contributed by atoms with van der Waals surface area (Å²) >= 11 is 6.01. The molecule has 2 aromatic carbocycles. The molecule has 2 aromatic rings. The number of para-hydroxylation sites is 1. The zero-order chi connectivity index (χ0) is 15.8. The molecule has 0 aliphatic carbocycles. The summed E-state index contributed by atoms with van der Waals surface area (Å²) in [5.41, 5.74) is 1.65. The van der Waals surface area contributed by atoms with Crippen molar-refractivity contribution < 1.29 is 9.53 Å². The van der Waals surface area contributed by atoms with Crippen molar-refractivity contribution in [2.75, 3.05) is 18.5 Å². The molecular formula is C17H19ClN2O2. The lowest BCUT2D eigenvalue weighted by atomic mass is 10.2. The Morgan fingerprint density at radius 3 is 2.68 bits per heavy atom. The van der Waals surface area contributed by atoms with Crippen LogP contribution >= 0.6 is 11.6 Å². The summed E-state index contributed by atoms with van der Waals surface area (Å²) in [5.74, 6) is 0.834. The minimum atomic E-state index is -0.250. The van der Waals surface area contributed by atoms with Crippen LogP contribution in [-0.2, 0) is 0 Å². The molecule has 116 valence electrons. The molecule has 0 saturated heterocycles. The highest BCUT2D eigenvalue weighted by Gasteiger charge is 2.03. The Bertz CT molecular complexity index is 617. The Morgan fingerprint density at radius 2 is 1.95 bits per heavy atom. The molecule has 2 rings (SSSR count). The second-order valence-electron chi connectivity index (χ2n) is 4.86. The van der Waals surface area contributed by atoms with Gasteiger partial charge in [-0.15, -0.1) is 0 Å². The molecule has 2 amide bonds. The molecule has 0 bridgehead atoms. The quantitative estimate of drug-likeness (QED) is 0.783. The normalized spacial score (nSPS) is 10.1. The molecule has 2 N–H and O–H groups in total. The fourth-order valence-corrected chi connectivity index (χ4v) is 2.01. The van der Waals surface area contributed by atoms with Crippen LogP contribution in [0.25, 0.3) is 0 Å². The van der Waals surface area contributed by atoms with Crippen molar-refractivity contribution in [3.63, 3.8) is 0 Å². The van der Waals surface area contributed by atoms with Crippen LogP contribution in [-0.4, -0.2) is 19.2 Å². The third-order valence-corrected chi connectivity index (χ3v) is 3.46. The van der Waals surface area contributed by atoms with Gasteiger partial charge < -0.3 is 15.4 Å².